The maximum Gasteiger partial charge on any atom is 0.142 e. The van der Waals surface area contributed by atoms with Gasteiger partial charge in [-0.05, 0) is 41.0 Å². The van der Waals surface area contributed by atoms with Crippen molar-refractivity contribution < 1.29 is 14.6 Å². The summed E-state index contributed by atoms with van der Waals surface area (Å²) in [5.41, 5.74) is 5.68. The molecule has 4 heteroatoms. The summed E-state index contributed by atoms with van der Waals surface area (Å²) in [6, 6.07) is 21.9. The van der Waals surface area contributed by atoms with E-state index in [0.29, 0.717) is 13.3 Å². The summed E-state index contributed by atoms with van der Waals surface area (Å²) < 4.78 is 12.0. The number of phenolic OH excluding ortho intramolecular Hbond substituents is 1. The number of nitrogens with zero attached hydrogens (tertiary/aromatic N) is 1. The lowest BCUT2D eigenvalue weighted by Crippen LogP contribution is -2.31. The van der Waals surface area contributed by atoms with Gasteiger partial charge in [0.15, 0.2) is 0 Å². The molecule has 0 saturated heterocycles. The minimum absolute atomic E-state index is 0.270. The van der Waals surface area contributed by atoms with Crippen LogP contribution in [-0.2, 0) is 13.1 Å². The van der Waals surface area contributed by atoms with Crippen molar-refractivity contribution in [2.24, 2.45) is 0 Å². The second kappa shape index (κ2) is 7.06. The lowest BCUT2D eigenvalue weighted by Gasteiger charge is -2.30. The van der Waals surface area contributed by atoms with Gasteiger partial charge < -0.3 is 14.6 Å². The van der Waals surface area contributed by atoms with E-state index in [0.717, 1.165) is 41.3 Å². The summed E-state index contributed by atoms with van der Waals surface area (Å²) in [5, 5.41) is 9.51. The first kappa shape index (κ1) is 16.9. The molecule has 0 aromatic heterocycles. The van der Waals surface area contributed by atoms with Crippen molar-refractivity contribution in [3.8, 4) is 17.2 Å². The number of phenols is 1. The summed E-state index contributed by atoms with van der Waals surface area (Å²) in [6.07, 6.45) is 2.17. The predicted molar refractivity (Wildman–Crippen MR) is 109 cm³/mol. The molecular weight excluding hydrogens is 350 g/mol. The first-order valence-corrected chi connectivity index (χ1v) is 9.43. The van der Waals surface area contributed by atoms with Crippen molar-refractivity contribution in [2.75, 3.05) is 13.3 Å². The zero-order valence-corrected chi connectivity index (χ0v) is 15.5. The fourth-order valence-corrected chi connectivity index (χ4v) is 3.74. The molecule has 0 saturated carbocycles. The Balaban J connectivity index is 1.40. The van der Waals surface area contributed by atoms with E-state index in [2.05, 4.69) is 41.3 Å². The highest BCUT2D eigenvalue weighted by Gasteiger charge is 2.22. The first-order valence-electron chi connectivity index (χ1n) is 9.43. The monoisotopic (exact) mass is 371 g/mol. The zero-order valence-electron chi connectivity index (χ0n) is 15.5. The normalized spacial score (nSPS) is 15.6. The molecule has 0 amide bonds. The van der Waals surface area contributed by atoms with Crippen molar-refractivity contribution >= 4 is 11.6 Å². The Morgan fingerprint density at radius 1 is 0.893 bits per heavy atom. The molecule has 2 heterocycles. The summed E-state index contributed by atoms with van der Waals surface area (Å²) in [6.45, 7) is 2.80. The Labute approximate surface area is 164 Å². The number of aromatic hydroxyl groups is 1. The summed E-state index contributed by atoms with van der Waals surface area (Å²) >= 11 is 0. The molecule has 0 aliphatic carbocycles. The van der Waals surface area contributed by atoms with Crippen LogP contribution in [0.3, 0.4) is 0 Å². The highest BCUT2D eigenvalue weighted by molar-refractivity contribution is 5.86. The van der Waals surface area contributed by atoms with Gasteiger partial charge in [0.05, 0.1) is 0 Å². The molecule has 2 aliphatic rings. The maximum absolute atomic E-state index is 9.51. The third-order valence-corrected chi connectivity index (χ3v) is 5.19. The second-order valence-electron chi connectivity index (χ2n) is 7.25. The molecule has 140 valence electrons. The Morgan fingerprint density at radius 2 is 1.71 bits per heavy atom. The van der Waals surface area contributed by atoms with Gasteiger partial charge in [0.1, 0.15) is 30.6 Å². The van der Waals surface area contributed by atoms with Gasteiger partial charge in [-0.3, -0.25) is 4.90 Å². The van der Waals surface area contributed by atoms with Gasteiger partial charge in [-0.25, -0.2) is 0 Å². The van der Waals surface area contributed by atoms with Crippen LogP contribution in [0.5, 0.6) is 17.2 Å². The van der Waals surface area contributed by atoms with Gasteiger partial charge in [0, 0.05) is 30.3 Å². The molecule has 3 aromatic carbocycles. The molecule has 0 fully saturated rings. The summed E-state index contributed by atoms with van der Waals surface area (Å²) in [4.78, 5) is 2.29. The third kappa shape index (κ3) is 3.35. The molecule has 0 atom stereocenters. The lowest BCUT2D eigenvalue weighted by molar-refractivity contribution is 0.0883. The van der Waals surface area contributed by atoms with E-state index >= 15 is 0 Å². The Bertz CT molecular complexity index is 1030. The fourth-order valence-electron chi connectivity index (χ4n) is 3.74. The Morgan fingerprint density at radius 3 is 2.54 bits per heavy atom. The Hall–Kier alpha value is -3.24. The maximum atomic E-state index is 9.51. The van der Waals surface area contributed by atoms with Crippen LogP contribution < -0.4 is 9.47 Å². The fraction of sp³-hybridized carbons (Fsp3) is 0.167. The number of hydrogen-bond acceptors (Lipinski definition) is 4. The van der Waals surface area contributed by atoms with Crippen LogP contribution in [0.15, 0.2) is 66.7 Å². The summed E-state index contributed by atoms with van der Waals surface area (Å²) in [7, 11) is 0. The molecule has 3 aromatic rings. The average Bonchev–Trinajstić information content (AvgIpc) is 2.73. The van der Waals surface area contributed by atoms with Crippen molar-refractivity contribution in [3.63, 3.8) is 0 Å². The second-order valence-corrected chi connectivity index (χ2v) is 7.25. The lowest BCUT2D eigenvalue weighted by atomic mass is 9.98. The third-order valence-electron chi connectivity index (χ3n) is 5.19. The van der Waals surface area contributed by atoms with E-state index in [1.807, 2.05) is 24.3 Å². The number of benzene rings is 3. The molecule has 1 N–H and O–H groups in total. The van der Waals surface area contributed by atoms with Gasteiger partial charge in [0.2, 0.25) is 0 Å². The van der Waals surface area contributed by atoms with Gasteiger partial charge in [-0.2, -0.15) is 0 Å². The number of ether oxygens (including phenoxy) is 2. The summed E-state index contributed by atoms with van der Waals surface area (Å²) in [5.74, 6) is 2.04. The highest BCUT2D eigenvalue weighted by atomic mass is 16.5. The molecule has 28 heavy (non-hydrogen) atoms. The van der Waals surface area contributed by atoms with Crippen molar-refractivity contribution in [3.05, 3.63) is 89.0 Å². The van der Waals surface area contributed by atoms with Gasteiger partial charge in [-0.15, -0.1) is 0 Å². The molecule has 0 spiro atoms. The van der Waals surface area contributed by atoms with E-state index in [-0.39, 0.29) is 5.75 Å². The zero-order chi connectivity index (χ0) is 18.9. The first-order chi connectivity index (χ1) is 13.7. The van der Waals surface area contributed by atoms with Gasteiger partial charge in [0.25, 0.3) is 0 Å². The Kier molecular flexibility index (Phi) is 4.26. The number of fused-ring (bicyclic) bond motifs is 2. The molecular formula is C24H21NO3. The van der Waals surface area contributed by atoms with Gasteiger partial charge >= 0.3 is 0 Å². The number of rotatable bonds is 3. The molecule has 5 rings (SSSR count). The van der Waals surface area contributed by atoms with Crippen LogP contribution in [0.1, 0.15) is 22.3 Å². The molecule has 2 aliphatic heterocycles. The van der Waals surface area contributed by atoms with Gasteiger partial charge in [-0.1, -0.05) is 42.5 Å². The van der Waals surface area contributed by atoms with Crippen molar-refractivity contribution in [1.82, 2.24) is 4.90 Å². The van der Waals surface area contributed by atoms with Crippen LogP contribution >= 0.6 is 0 Å². The van der Waals surface area contributed by atoms with Crippen molar-refractivity contribution in [1.29, 1.82) is 0 Å². The van der Waals surface area contributed by atoms with E-state index < -0.39 is 0 Å². The van der Waals surface area contributed by atoms with Crippen LogP contribution in [0.4, 0.5) is 0 Å². The topological polar surface area (TPSA) is 41.9 Å². The minimum Gasteiger partial charge on any atom is -0.508 e. The average molecular weight is 371 g/mol. The smallest absolute Gasteiger partial charge is 0.142 e. The SMILES string of the molecule is Oc1ccc(C2=Cc3cc4c(cc3OC2)OCN(Cc2ccccc2)C4)cc1. The predicted octanol–water partition coefficient (Wildman–Crippen LogP) is 4.68. The van der Waals surface area contributed by atoms with Crippen LogP contribution in [0, 0.1) is 0 Å². The van der Waals surface area contributed by atoms with Crippen LogP contribution in [-0.4, -0.2) is 23.3 Å². The van der Waals surface area contributed by atoms with E-state index in [9.17, 15) is 5.11 Å². The quantitative estimate of drug-likeness (QED) is 0.726. The number of hydrogen-bond donors (Lipinski definition) is 1. The molecule has 0 bridgehead atoms. The molecule has 4 nitrogen and oxygen atoms in total. The van der Waals surface area contributed by atoms with E-state index in [1.165, 1.54) is 11.1 Å². The van der Waals surface area contributed by atoms with E-state index in [4.69, 9.17) is 9.47 Å². The van der Waals surface area contributed by atoms with E-state index in [1.54, 1.807) is 12.1 Å². The largest absolute Gasteiger partial charge is 0.508 e. The molecule has 0 unspecified atom stereocenters. The standard InChI is InChI=1S/C24H21NO3/c26-22-8-6-18(7-9-22)21-11-19-10-20-14-25(13-17-4-2-1-3-5-17)16-28-24(20)12-23(19)27-15-21/h1-12,26H,13-16H2. The minimum atomic E-state index is 0.270. The molecule has 0 radical (unpaired) electrons. The van der Waals surface area contributed by atoms with Crippen LogP contribution in [0.2, 0.25) is 0 Å². The van der Waals surface area contributed by atoms with Crippen LogP contribution in [0.25, 0.3) is 11.6 Å². The highest BCUT2D eigenvalue weighted by Crippen LogP contribution is 2.38. The van der Waals surface area contributed by atoms with Crippen molar-refractivity contribution in [2.45, 2.75) is 13.1 Å².